The van der Waals surface area contributed by atoms with Crippen molar-refractivity contribution in [3.63, 3.8) is 0 Å². The third-order valence-corrected chi connectivity index (χ3v) is 5.73. The van der Waals surface area contributed by atoms with Gasteiger partial charge in [0, 0.05) is 17.3 Å². The molecule has 3 rings (SSSR count). The first-order chi connectivity index (χ1) is 9.60. The summed E-state index contributed by atoms with van der Waals surface area (Å²) < 4.78 is 12.9. The Bertz CT molecular complexity index is 460. The van der Waals surface area contributed by atoms with Gasteiger partial charge in [0.2, 0.25) is 0 Å². The maximum atomic E-state index is 6.26. The molecule has 0 saturated carbocycles. The summed E-state index contributed by atoms with van der Waals surface area (Å²) in [6, 6.07) is 4.58. The van der Waals surface area contributed by atoms with E-state index in [0.29, 0.717) is 13.2 Å². The molecule has 2 aliphatic heterocycles. The predicted octanol–water partition coefficient (Wildman–Crippen LogP) is 2.74. The van der Waals surface area contributed by atoms with Crippen molar-refractivity contribution in [3.8, 4) is 0 Å². The lowest BCUT2D eigenvalue weighted by Gasteiger charge is -2.43. The second-order valence-corrected chi connectivity index (χ2v) is 8.12. The Hall–Kier alpha value is 0.0200. The Labute approximate surface area is 132 Å². The minimum Gasteiger partial charge on any atom is -0.346 e. The first-order valence-corrected chi connectivity index (χ1v) is 8.73. The number of hydrogen-bond acceptors (Lipinski definition) is 5. The fraction of sp³-hybridized carbons (Fsp3) is 0.714. The molecule has 4 nitrogen and oxygen atoms in total. The van der Waals surface area contributed by atoms with Crippen molar-refractivity contribution in [1.82, 2.24) is 4.90 Å². The Morgan fingerprint density at radius 1 is 1.40 bits per heavy atom. The lowest BCUT2D eigenvalue weighted by Crippen LogP contribution is -2.52. The van der Waals surface area contributed by atoms with Gasteiger partial charge < -0.3 is 15.2 Å². The van der Waals surface area contributed by atoms with E-state index in [1.807, 2.05) is 0 Å². The highest BCUT2D eigenvalue weighted by atomic mass is 79.9. The van der Waals surface area contributed by atoms with Crippen LogP contribution in [-0.4, -0.2) is 43.0 Å². The minimum atomic E-state index is -0.389. The van der Waals surface area contributed by atoms with E-state index < -0.39 is 0 Å². The third kappa shape index (κ3) is 2.96. The van der Waals surface area contributed by atoms with Crippen molar-refractivity contribution in [1.29, 1.82) is 0 Å². The highest BCUT2D eigenvalue weighted by Crippen LogP contribution is 2.38. The SMILES string of the molecule is CC(N)C(c1ccc(Br)s1)N1CCCC2(C1)OCCO2. The molecule has 0 aliphatic carbocycles. The Morgan fingerprint density at radius 2 is 2.15 bits per heavy atom. The van der Waals surface area contributed by atoms with Crippen molar-refractivity contribution in [2.24, 2.45) is 5.73 Å². The highest BCUT2D eigenvalue weighted by Gasteiger charge is 2.43. The number of nitrogens with zero attached hydrogens (tertiary/aromatic N) is 1. The monoisotopic (exact) mass is 360 g/mol. The van der Waals surface area contributed by atoms with Gasteiger partial charge in [-0.05, 0) is 48.0 Å². The summed E-state index contributed by atoms with van der Waals surface area (Å²) in [6.45, 7) is 5.36. The molecular formula is C14H21BrN2O2S. The lowest BCUT2D eigenvalue weighted by molar-refractivity contribution is -0.194. The van der Waals surface area contributed by atoms with Gasteiger partial charge in [-0.3, -0.25) is 4.90 Å². The number of nitrogens with two attached hydrogens (primary N) is 1. The predicted molar refractivity (Wildman–Crippen MR) is 83.9 cm³/mol. The van der Waals surface area contributed by atoms with Crippen LogP contribution in [0.2, 0.25) is 0 Å². The number of rotatable bonds is 3. The number of piperidine rings is 1. The van der Waals surface area contributed by atoms with E-state index in [9.17, 15) is 0 Å². The summed E-state index contributed by atoms with van der Waals surface area (Å²) in [6.07, 6.45) is 2.08. The van der Waals surface area contributed by atoms with E-state index in [0.717, 1.165) is 29.7 Å². The number of thiophene rings is 1. The smallest absolute Gasteiger partial charge is 0.181 e. The summed E-state index contributed by atoms with van der Waals surface area (Å²) in [4.78, 5) is 3.74. The van der Waals surface area contributed by atoms with Gasteiger partial charge in [0.1, 0.15) is 0 Å². The second kappa shape index (κ2) is 6.02. The number of likely N-dealkylation sites (tertiary alicyclic amines) is 1. The van der Waals surface area contributed by atoms with Gasteiger partial charge in [0.15, 0.2) is 5.79 Å². The summed E-state index contributed by atoms with van der Waals surface area (Å²) in [5.41, 5.74) is 6.26. The first kappa shape index (κ1) is 14.9. The average Bonchev–Trinajstić information content (AvgIpc) is 3.00. The molecule has 2 unspecified atom stereocenters. The Morgan fingerprint density at radius 3 is 2.75 bits per heavy atom. The van der Waals surface area contributed by atoms with E-state index in [1.54, 1.807) is 11.3 Å². The van der Waals surface area contributed by atoms with Gasteiger partial charge >= 0.3 is 0 Å². The molecule has 3 heterocycles. The van der Waals surface area contributed by atoms with Gasteiger partial charge in [-0.25, -0.2) is 0 Å². The normalized spacial score (nSPS) is 25.9. The molecule has 1 spiro atoms. The van der Waals surface area contributed by atoms with Crippen LogP contribution >= 0.6 is 27.3 Å². The van der Waals surface area contributed by atoms with E-state index in [-0.39, 0.29) is 17.9 Å². The fourth-order valence-electron chi connectivity index (χ4n) is 3.25. The Balaban J connectivity index is 1.80. The van der Waals surface area contributed by atoms with Crippen LogP contribution in [0.3, 0.4) is 0 Å². The van der Waals surface area contributed by atoms with Gasteiger partial charge in [-0.1, -0.05) is 0 Å². The van der Waals surface area contributed by atoms with E-state index in [2.05, 4.69) is 39.9 Å². The number of ether oxygens (including phenoxy) is 2. The van der Waals surface area contributed by atoms with Crippen molar-refractivity contribution < 1.29 is 9.47 Å². The van der Waals surface area contributed by atoms with Crippen LogP contribution in [0.4, 0.5) is 0 Å². The zero-order valence-corrected chi connectivity index (χ0v) is 14.1. The summed E-state index contributed by atoms with van der Waals surface area (Å²) in [5, 5.41) is 0. The van der Waals surface area contributed by atoms with Crippen molar-refractivity contribution >= 4 is 27.3 Å². The largest absolute Gasteiger partial charge is 0.346 e. The zero-order valence-electron chi connectivity index (χ0n) is 11.7. The van der Waals surface area contributed by atoms with Gasteiger partial charge in [0.05, 0.1) is 29.6 Å². The highest BCUT2D eigenvalue weighted by molar-refractivity contribution is 9.11. The van der Waals surface area contributed by atoms with Crippen LogP contribution in [0, 0.1) is 0 Å². The lowest BCUT2D eigenvalue weighted by atomic mass is 9.99. The molecule has 0 radical (unpaired) electrons. The van der Waals surface area contributed by atoms with E-state index in [4.69, 9.17) is 15.2 Å². The van der Waals surface area contributed by atoms with Crippen LogP contribution in [0.25, 0.3) is 0 Å². The summed E-state index contributed by atoms with van der Waals surface area (Å²) >= 11 is 5.31. The van der Waals surface area contributed by atoms with Gasteiger partial charge in [-0.15, -0.1) is 11.3 Å². The van der Waals surface area contributed by atoms with Crippen LogP contribution < -0.4 is 5.73 Å². The van der Waals surface area contributed by atoms with E-state index >= 15 is 0 Å². The molecule has 20 heavy (non-hydrogen) atoms. The molecule has 2 fully saturated rings. The summed E-state index contributed by atoms with van der Waals surface area (Å²) in [5.74, 6) is -0.389. The first-order valence-electron chi connectivity index (χ1n) is 7.12. The molecule has 0 amide bonds. The van der Waals surface area contributed by atoms with Crippen LogP contribution in [-0.2, 0) is 9.47 Å². The van der Waals surface area contributed by atoms with Gasteiger partial charge in [0.25, 0.3) is 0 Å². The van der Waals surface area contributed by atoms with Crippen molar-refractivity contribution in [2.75, 3.05) is 26.3 Å². The molecule has 2 aliphatic rings. The molecule has 0 aromatic carbocycles. The van der Waals surface area contributed by atoms with Gasteiger partial charge in [-0.2, -0.15) is 0 Å². The number of hydrogen-bond donors (Lipinski definition) is 1. The minimum absolute atomic E-state index is 0.0807. The topological polar surface area (TPSA) is 47.7 Å². The maximum absolute atomic E-state index is 6.26. The standard InChI is InChI=1S/C14H21BrN2O2S/c1-10(16)13(11-3-4-12(15)20-11)17-6-2-5-14(9-17)18-7-8-19-14/h3-4,10,13H,2,5-9,16H2,1H3. The quantitative estimate of drug-likeness (QED) is 0.900. The van der Waals surface area contributed by atoms with Crippen LogP contribution in [0.1, 0.15) is 30.7 Å². The van der Waals surface area contributed by atoms with Crippen LogP contribution in [0.5, 0.6) is 0 Å². The molecular weight excluding hydrogens is 340 g/mol. The van der Waals surface area contributed by atoms with E-state index in [1.165, 1.54) is 4.88 Å². The number of halogens is 1. The Kier molecular flexibility index (Phi) is 4.50. The van der Waals surface area contributed by atoms with Crippen molar-refractivity contribution in [3.05, 3.63) is 20.8 Å². The van der Waals surface area contributed by atoms with Crippen molar-refractivity contribution in [2.45, 2.75) is 37.6 Å². The third-order valence-electron chi connectivity index (χ3n) is 4.04. The molecule has 6 heteroatoms. The fourth-order valence-corrected chi connectivity index (χ4v) is 4.92. The average molecular weight is 361 g/mol. The molecule has 1 aromatic heterocycles. The van der Waals surface area contributed by atoms with Crippen LogP contribution in [0.15, 0.2) is 15.9 Å². The zero-order chi connectivity index (χ0) is 14.2. The molecule has 112 valence electrons. The molecule has 1 aromatic rings. The molecule has 2 N–H and O–H groups in total. The maximum Gasteiger partial charge on any atom is 0.181 e. The second-order valence-electron chi connectivity index (χ2n) is 5.63. The molecule has 0 bridgehead atoms. The summed E-state index contributed by atoms with van der Waals surface area (Å²) in [7, 11) is 0. The molecule has 2 saturated heterocycles. The molecule has 2 atom stereocenters.